The number of hydrogen-bond donors (Lipinski definition) is 2. The van der Waals surface area contributed by atoms with E-state index in [1.807, 2.05) is 42.3 Å². The molecule has 4 nitrogen and oxygen atoms in total. The number of benzene rings is 1. The summed E-state index contributed by atoms with van der Waals surface area (Å²) in [7, 11) is 1.95. The second kappa shape index (κ2) is 3.41. The van der Waals surface area contributed by atoms with Crippen molar-refractivity contribution in [2.75, 3.05) is 17.7 Å². The number of hydrogen-bond acceptors (Lipinski definition) is 3. The molecule has 0 fully saturated rings. The number of rotatable bonds is 2. The zero-order valence-corrected chi connectivity index (χ0v) is 7.94. The number of H-pyrrole nitrogens is 1. The standard InChI is InChI=1S/C10H12N4/c1-14(8-5-3-2-4-6-8)9-7-12-13-10(9)11/h2-7H,1H3,(H3,11,12,13). The summed E-state index contributed by atoms with van der Waals surface area (Å²) in [6, 6.07) is 10.00. The summed E-state index contributed by atoms with van der Waals surface area (Å²) in [6.45, 7) is 0. The summed E-state index contributed by atoms with van der Waals surface area (Å²) >= 11 is 0. The molecule has 0 saturated heterocycles. The van der Waals surface area contributed by atoms with Crippen LogP contribution < -0.4 is 10.6 Å². The first-order valence-corrected chi connectivity index (χ1v) is 4.36. The molecular formula is C10H12N4. The Morgan fingerprint density at radius 2 is 2.00 bits per heavy atom. The predicted octanol–water partition coefficient (Wildman–Crippen LogP) is 1.76. The minimum absolute atomic E-state index is 0.580. The Bertz CT molecular complexity index is 407. The molecule has 1 aromatic carbocycles. The number of nitrogens with one attached hydrogen (secondary N) is 1. The molecule has 0 saturated carbocycles. The first-order chi connectivity index (χ1) is 6.79. The molecule has 4 heteroatoms. The molecule has 1 aromatic heterocycles. The molecule has 0 bridgehead atoms. The lowest BCUT2D eigenvalue weighted by atomic mass is 10.3. The lowest BCUT2D eigenvalue weighted by molar-refractivity contribution is 1.10. The minimum atomic E-state index is 0.580. The maximum atomic E-state index is 5.72. The molecule has 1 heterocycles. The van der Waals surface area contributed by atoms with Crippen LogP contribution in [-0.2, 0) is 0 Å². The smallest absolute Gasteiger partial charge is 0.143 e. The van der Waals surface area contributed by atoms with Crippen LogP contribution in [-0.4, -0.2) is 17.2 Å². The van der Waals surface area contributed by atoms with E-state index in [1.54, 1.807) is 6.20 Å². The van der Waals surface area contributed by atoms with E-state index in [-0.39, 0.29) is 0 Å². The van der Waals surface area contributed by atoms with E-state index >= 15 is 0 Å². The second-order valence-corrected chi connectivity index (χ2v) is 3.06. The van der Waals surface area contributed by atoms with Crippen molar-refractivity contribution < 1.29 is 0 Å². The summed E-state index contributed by atoms with van der Waals surface area (Å²) in [4.78, 5) is 1.98. The van der Waals surface area contributed by atoms with Crippen molar-refractivity contribution in [3.05, 3.63) is 36.5 Å². The van der Waals surface area contributed by atoms with Crippen LogP contribution in [0.4, 0.5) is 17.2 Å². The molecule has 72 valence electrons. The lowest BCUT2D eigenvalue weighted by Gasteiger charge is -2.17. The van der Waals surface area contributed by atoms with Crippen molar-refractivity contribution in [2.24, 2.45) is 0 Å². The Balaban J connectivity index is 2.34. The SMILES string of the molecule is CN(c1ccccc1)c1cn[nH]c1N. The van der Waals surface area contributed by atoms with Gasteiger partial charge in [-0.15, -0.1) is 0 Å². The van der Waals surface area contributed by atoms with Gasteiger partial charge in [-0.25, -0.2) is 0 Å². The third-order valence-corrected chi connectivity index (χ3v) is 2.15. The Hall–Kier alpha value is -1.97. The molecule has 0 aliphatic carbocycles. The maximum Gasteiger partial charge on any atom is 0.143 e. The number of nitrogen functional groups attached to an aromatic ring is 1. The summed E-state index contributed by atoms with van der Waals surface area (Å²) in [6.07, 6.45) is 1.71. The highest BCUT2D eigenvalue weighted by atomic mass is 15.2. The average Bonchev–Trinajstić information content (AvgIpc) is 2.65. The number of nitrogens with two attached hydrogens (primary N) is 1. The van der Waals surface area contributed by atoms with E-state index in [1.165, 1.54) is 0 Å². The topological polar surface area (TPSA) is 57.9 Å². The van der Waals surface area contributed by atoms with Crippen LogP contribution in [0.3, 0.4) is 0 Å². The fraction of sp³-hybridized carbons (Fsp3) is 0.100. The second-order valence-electron chi connectivity index (χ2n) is 3.06. The molecule has 3 N–H and O–H groups in total. The van der Waals surface area contributed by atoms with Crippen LogP contribution in [0, 0.1) is 0 Å². The largest absolute Gasteiger partial charge is 0.382 e. The van der Waals surface area contributed by atoms with E-state index in [4.69, 9.17) is 5.73 Å². The van der Waals surface area contributed by atoms with Gasteiger partial charge in [0.25, 0.3) is 0 Å². The van der Waals surface area contributed by atoms with Gasteiger partial charge in [0.15, 0.2) is 0 Å². The summed E-state index contributed by atoms with van der Waals surface area (Å²) in [5.74, 6) is 0.580. The number of nitrogens with zero attached hydrogens (tertiary/aromatic N) is 2. The lowest BCUT2D eigenvalue weighted by Crippen LogP contribution is -2.10. The van der Waals surface area contributed by atoms with E-state index in [0.29, 0.717) is 5.82 Å². The minimum Gasteiger partial charge on any atom is -0.382 e. The van der Waals surface area contributed by atoms with Gasteiger partial charge in [-0.1, -0.05) is 18.2 Å². The molecule has 2 rings (SSSR count). The molecule has 0 spiro atoms. The number of aromatic amines is 1. The van der Waals surface area contributed by atoms with Crippen molar-refractivity contribution in [2.45, 2.75) is 0 Å². The Morgan fingerprint density at radius 3 is 2.57 bits per heavy atom. The highest BCUT2D eigenvalue weighted by Crippen LogP contribution is 2.26. The van der Waals surface area contributed by atoms with Crippen LogP contribution in [0.1, 0.15) is 0 Å². The fourth-order valence-corrected chi connectivity index (χ4v) is 1.35. The maximum absolute atomic E-state index is 5.72. The molecule has 0 radical (unpaired) electrons. The highest BCUT2D eigenvalue weighted by molar-refractivity contribution is 5.70. The normalized spacial score (nSPS) is 10.1. The van der Waals surface area contributed by atoms with Gasteiger partial charge in [-0.3, -0.25) is 5.10 Å². The van der Waals surface area contributed by atoms with Gasteiger partial charge in [0.1, 0.15) is 11.5 Å². The van der Waals surface area contributed by atoms with Gasteiger partial charge in [0, 0.05) is 12.7 Å². The number of para-hydroxylation sites is 1. The molecule has 2 aromatic rings. The van der Waals surface area contributed by atoms with Gasteiger partial charge >= 0.3 is 0 Å². The van der Waals surface area contributed by atoms with E-state index < -0.39 is 0 Å². The van der Waals surface area contributed by atoms with Gasteiger partial charge in [0.05, 0.1) is 6.20 Å². The monoisotopic (exact) mass is 188 g/mol. The van der Waals surface area contributed by atoms with Gasteiger partial charge in [-0.2, -0.15) is 5.10 Å². The molecule has 0 amide bonds. The average molecular weight is 188 g/mol. The van der Waals surface area contributed by atoms with Crippen molar-refractivity contribution in [1.82, 2.24) is 10.2 Å². The van der Waals surface area contributed by atoms with Crippen molar-refractivity contribution in [3.63, 3.8) is 0 Å². The van der Waals surface area contributed by atoms with Gasteiger partial charge in [0.2, 0.25) is 0 Å². The van der Waals surface area contributed by atoms with E-state index in [0.717, 1.165) is 11.4 Å². The Kier molecular flexibility index (Phi) is 2.10. The molecule has 14 heavy (non-hydrogen) atoms. The predicted molar refractivity (Wildman–Crippen MR) is 57.5 cm³/mol. The van der Waals surface area contributed by atoms with Crippen LogP contribution >= 0.6 is 0 Å². The van der Waals surface area contributed by atoms with E-state index in [9.17, 15) is 0 Å². The summed E-state index contributed by atoms with van der Waals surface area (Å²) in [5.41, 5.74) is 7.69. The fourth-order valence-electron chi connectivity index (χ4n) is 1.35. The quantitative estimate of drug-likeness (QED) is 0.755. The van der Waals surface area contributed by atoms with Crippen LogP contribution in [0.25, 0.3) is 0 Å². The molecule has 0 unspecified atom stereocenters. The third-order valence-electron chi connectivity index (χ3n) is 2.15. The summed E-state index contributed by atoms with van der Waals surface area (Å²) < 4.78 is 0. The zero-order chi connectivity index (χ0) is 9.97. The Morgan fingerprint density at radius 1 is 1.29 bits per heavy atom. The van der Waals surface area contributed by atoms with Crippen LogP contribution in [0.2, 0.25) is 0 Å². The Labute approximate surface area is 82.4 Å². The molecule has 0 aliphatic rings. The first kappa shape index (κ1) is 8.62. The van der Waals surface area contributed by atoms with Crippen molar-refractivity contribution in [1.29, 1.82) is 0 Å². The van der Waals surface area contributed by atoms with Gasteiger partial charge < -0.3 is 10.6 Å². The van der Waals surface area contributed by atoms with Crippen molar-refractivity contribution >= 4 is 17.2 Å². The first-order valence-electron chi connectivity index (χ1n) is 4.36. The summed E-state index contributed by atoms with van der Waals surface area (Å²) in [5, 5.41) is 6.58. The van der Waals surface area contributed by atoms with Crippen LogP contribution in [0.5, 0.6) is 0 Å². The number of aromatic nitrogens is 2. The zero-order valence-electron chi connectivity index (χ0n) is 7.94. The highest BCUT2D eigenvalue weighted by Gasteiger charge is 2.07. The van der Waals surface area contributed by atoms with Gasteiger partial charge in [-0.05, 0) is 12.1 Å². The van der Waals surface area contributed by atoms with E-state index in [2.05, 4.69) is 10.2 Å². The molecule has 0 atom stereocenters. The number of anilines is 3. The van der Waals surface area contributed by atoms with Crippen LogP contribution in [0.15, 0.2) is 36.5 Å². The molecular weight excluding hydrogens is 176 g/mol. The molecule has 0 aliphatic heterocycles. The third kappa shape index (κ3) is 1.42. The van der Waals surface area contributed by atoms with Crippen molar-refractivity contribution in [3.8, 4) is 0 Å².